The standard InChI is InChI=1S/C22H17F6N3O2/c1-12-30-20(21(23,24)25,22(26,27)28)19-29-17(13-4-8-15(32-2)9-5-13)18(31(12)19)14-6-10-16(33-3)11-7-14/h4-11H,1-3H3/q+1. The molecule has 2 aromatic carbocycles. The smallest absolute Gasteiger partial charge is 0.434 e. The molecule has 0 unspecified atom stereocenters. The number of halogens is 6. The van der Waals surface area contributed by atoms with Gasteiger partial charge in [-0.15, -0.1) is 0 Å². The zero-order valence-electron chi connectivity index (χ0n) is 17.5. The van der Waals surface area contributed by atoms with Crippen molar-refractivity contribution in [3.63, 3.8) is 0 Å². The van der Waals surface area contributed by atoms with Crippen LogP contribution in [0.25, 0.3) is 11.4 Å². The topological polar surface area (TPSA) is 49.1 Å². The third kappa shape index (κ3) is 3.38. The molecule has 0 spiro atoms. The Kier molecular flexibility index (Phi) is 5.27. The van der Waals surface area contributed by atoms with Crippen molar-refractivity contribution in [3.05, 3.63) is 59.7 Å². The van der Waals surface area contributed by atoms with Crippen LogP contribution < -0.4 is 14.4 Å². The van der Waals surface area contributed by atoms with Crippen molar-refractivity contribution in [2.45, 2.75) is 24.8 Å². The molecule has 2 heterocycles. The van der Waals surface area contributed by atoms with Crippen molar-refractivity contribution in [2.75, 3.05) is 14.2 Å². The van der Waals surface area contributed by atoms with Gasteiger partial charge in [-0.1, -0.05) is 0 Å². The number of benzene rings is 2. The highest BCUT2D eigenvalue weighted by Gasteiger charge is 2.83. The average molecular weight is 469 g/mol. The summed E-state index contributed by atoms with van der Waals surface area (Å²) in [5.74, 6) is -0.792. The molecule has 0 bridgehead atoms. The Morgan fingerprint density at radius 2 is 1.21 bits per heavy atom. The van der Waals surface area contributed by atoms with Gasteiger partial charge in [0.15, 0.2) is 0 Å². The largest absolute Gasteiger partial charge is 0.497 e. The fraction of sp³-hybridized carbons (Fsp3) is 0.273. The van der Waals surface area contributed by atoms with Gasteiger partial charge >= 0.3 is 23.7 Å². The predicted octanol–water partition coefficient (Wildman–Crippen LogP) is 5.38. The van der Waals surface area contributed by atoms with Crippen molar-refractivity contribution in [2.24, 2.45) is 9.98 Å². The first-order chi connectivity index (χ1) is 15.4. The molecule has 2 aromatic rings. The molecule has 0 saturated carbocycles. The van der Waals surface area contributed by atoms with E-state index in [2.05, 4.69) is 9.98 Å². The maximum atomic E-state index is 14.0. The summed E-state index contributed by atoms with van der Waals surface area (Å²) in [6.45, 7) is 1.09. The van der Waals surface area contributed by atoms with Crippen LogP contribution in [0.5, 0.6) is 11.5 Å². The highest BCUT2D eigenvalue weighted by atomic mass is 19.4. The van der Waals surface area contributed by atoms with Crippen LogP contribution in [0, 0.1) is 0 Å². The van der Waals surface area contributed by atoms with Gasteiger partial charge in [0.2, 0.25) is 5.70 Å². The van der Waals surface area contributed by atoms with E-state index in [0.29, 0.717) is 22.6 Å². The van der Waals surface area contributed by atoms with Crippen LogP contribution in [-0.2, 0) is 0 Å². The number of rotatable bonds is 4. The Morgan fingerprint density at radius 3 is 1.64 bits per heavy atom. The van der Waals surface area contributed by atoms with Crippen LogP contribution in [0.15, 0.2) is 58.5 Å². The van der Waals surface area contributed by atoms with Crippen molar-refractivity contribution in [1.29, 1.82) is 0 Å². The zero-order valence-corrected chi connectivity index (χ0v) is 17.5. The summed E-state index contributed by atoms with van der Waals surface area (Å²) in [4.78, 5) is 7.83. The monoisotopic (exact) mass is 469 g/mol. The number of methoxy groups -OCH3 is 2. The molecule has 11 heteroatoms. The Bertz CT molecular complexity index is 1150. The number of aliphatic imine (C=N–C) groups is 2. The van der Waals surface area contributed by atoms with Gasteiger partial charge in [0.1, 0.15) is 17.2 Å². The van der Waals surface area contributed by atoms with E-state index in [0.717, 1.165) is 11.8 Å². The molecule has 0 atom stereocenters. The Balaban J connectivity index is 1.98. The van der Waals surface area contributed by atoms with Crippen LogP contribution in [0.2, 0.25) is 0 Å². The molecular formula is C22H17F6N3O2+. The van der Waals surface area contributed by atoms with E-state index in [9.17, 15) is 26.3 Å². The Hall–Kier alpha value is -3.34. The van der Waals surface area contributed by atoms with Gasteiger partial charge in [-0.3, -0.25) is 0 Å². The highest BCUT2D eigenvalue weighted by molar-refractivity contribution is 6.27. The van der Waals surface area contributed by atoms with E-state index >= 15 is 0 Å². The van der Waals surface area contributed by atoms with Crippen molar-refractivity contribution >= 4 is 23.1 Å². The number of alkyl halides is 6. The van der Waals surface area contributed by atoms with Crippen LogP contribution >= 0.6 is 0 Å². The number of amidine groups is 2. The van der Waals surface area contributed by atoms with E-state index in [-0.39, 0.29) is 11.4 Å². The first-order valence-electron chi connectivity index (χ1n) is 9.57. The summed E-state index contributed by atoms with van der Waals surface area (Å²) in [5, 5.41) is 0. The van der Waals surface area contributed by atoms with Crippen molar-refractivity contribution in [3.8, 4) is 11.5 Å². The molecule has 33 heavy (non-hydrogen) atoms. The van der Waals surface area contributed by atoms with Gasteiger partial charge in [0.05, 0.1) is 14.2 Å². The quantitative estimate of drug-likeness (QED) is 0.446. The normalized spacial score (nSPS) is 18.2. The molecule has 5 nitrogen and oxygen atoms in total. The number of hydrogen-bond acceptors (Lipinski definition) is 5. The molecule has 0 amide bonds. The third-order valence-corrected chi connectivity index (χ3v) is 5.40. The molecular weight excluding hydrogens is 452 g/mol. The van der Waals surface area contributed by atoms with E-state index in [1.165, 1.54) is 38.5 Å². The second-order valence-corrected chi connectivity index (χ2v) is 7.29. The summed E-state index contributed by atoms with van der Waals surface area (Å²) in [6, 6.07) is 12.3. The maximum absolute atomic E-state index is 14.0. The van der Waals surface area contributed by atoms with Crippen LogP contribution in [-0.4, -0.2) is 43.8 Å². The summed E-state index contributed by atoms with van der Waals surface area (Å²) in [6.07, 6.45) is -11.5. The molecule has 1 radical (unpaired) electrons. The Morgan fingerprint density at radius 1 is 0.758 bits per heavy atom. The predicted molar refractivity (Wildman–Crippen MR) is 110 cm³/mol. The van der Waals surface area contributed by atoms with Gasteiger partial charge < -0.3 is 9.47 Å². The molecule has 2 aliphatic rings. The molecule has 2 aliphatic heterocycles. The SMILES string of the molecule is COc1ccc(C2=C(c3ccc(OC)cc3)[N+]3C(C)=NC(C(F)(F)F)(C(F)(F)F)C3=N2)cc1. The summed E-state index contributed by atoms with van der Waals surface area (Å²) in [7, 11) is 2.87. The van der Waals surface area contributed by atoms with Gasteiger partial charge in [-0.25, -0.2) is 0 Å². The Labute approximate surface area is 184 Å². The van der Waals surface area contributed by atoms with Gasteiger partial charge in [-0.2, -0.15) is 36.3 Å². The molecule has 173 valence electrons. The minimum absolute atomic E-state index is 0.0504. The number of nitrogens with zero attached hydrogens (tertiary/aromatic N) is 3. The summed E-state index contributed by atoms with van der Waals surface area (Å²) >= 11 is 0. The van der Waals surface area contributed by atoms with Crippen LogP contribution in [0.4, 0.5) is 26.3 Å². The number of fused-ring (bicyclic) bond motifs is 1. The second-order valence-electron chi connectivity index (χ2n) is 7.29. The lowest BCUT2D eigenvalue weighted by Crippen LogP contribution is -2.61. The lowest BCUT2D eigenvalue weighted by atomic mass is 9.97. The van der Waals surface area contributed by atoms with Crippen LogP contribution in [0.1, 0.15) is 18.1 Å². The van der Waals surface area contributed by atoms with E-state index in [1.807, 2.05) is 0 Å². The lowest BCUT2D eigenvalue weighted by Gasteiger charge is -2.27. The molecule has 0 aromatic heterocycles. The molecule has 0 aliphatic carbocycles. The minimum atomic E-state index is -5.76. The highest BCUT2D eigenvalue weighted by Crippen LogP contribution is 2.53. The first-order valence-corrected chi connectivity index (χ1v) is 9.57. The fourth-order valence-electron chi connectivity index (χ4n) is 3.83. The van der Waals surface area contributed by atoms with Gasteiger partial charge in [0, 0.05) is 18.1 Å². The lowest BCUT2D eigenvalue weighted by molar-refractivity contribution is -0.270. The second kappa shape index (κ2) is 7.62. The van der Waals surface area contributed by atoms with Gasteiger partial charge in [-0.05, 0) is 53.4 Å². The molecule has 0 N–H and O–H groups in total. The van der Waals surface area contributed by atoms with E-state index in [4.69, 9.17) is 9.47 Å². The van der Waals surface area contributed by atoms with E-state index < -0.39 is 29.6 Å². The third-order valence-electron chi connectivity index (χ3n) is 5.40. The zero-order chi connectivity index (χ0) is 24.2. The van der Waals surface area contributed by atoms with Gasteiger partial charge in [0.25, 0.3) is 5.84 Å². The molecule has 0 fully saturated rings. The average Bonchev–Trinajstić information content (AvgIpc) is 3.29. The summed E-state index contributed by atoms with van der Waals surface area (Å²) < 4.78 is 94.2. The number of hydrogen-bond donors (Lipinski definition) is 0. The van der Waals surface area contributed by atoms with E-state index in [1.54, 1.807) is 24.3 Å². The fourth-order valence-corrected chi connectivity index (χ4v) is 3.83. The van der Waals surface area contributed by atoms with Crippen LogP contribution in [0.3, 0.4) is 0 Å². The molecule has 4 rings (SSSR count). The number of ether oxygens (including phenoxy) is 2. The summed E-state index contributed by atoms with van der Waals surface area (Å²) in [5.41, 5.74) is -3.82. The first kappa shape index (κ1) is 22.8. The molecule has 0 saturated heterocycles. The van der Waals surface area contributed by atoms with Crippen molar-refractivity contribution < 1.29 is 35.8 Å². The minimum Gasteiger partial charge on any atom is -0.497 e. The maximum Gasteiger partial charge on any atom is 0.434 e. The van der Waals surface area contributed by atoms with Crippen molar-refractivity contribution in [1.82, 2.24) is 4.90 Å².